The van der Waals surface area contributed by atoms with Crippen LogP contribution in [0, 0.1) is 0 Å². The number of rotatable bonds is 4. The van der Waals surface area contributed by atoms with Crippen LogP contribution in [0.25, 0.3) is 82.1 Å². The lowest BCUT2D eigenvalue weighted by Gasteiger charge is -2.32. The quantitative estimate of drug-likeness (QED) is 0.161. The van der Waals surface area contributed by atoms with Crippen molar-refractivity contribution in [1.82, 2.24) is 4.57 Å². The van der Waals surface area contributed by atoms with Crippen molar-refractivity contribution in [3.63, 3.8) is 0 Å². The van der Waals surface area contributed by atoms with Gasteiger partial charge >= 0.3 is 0 Å². The molecule has 0 N–H and O–H groups in total. The molecule has 2 nitrogen and oxygen atoms in total. The summed E-state index contributed by atoms with van der Waals surface area (Å²) in [5, 5.41) is 10.1. The van der Waals surface area contributed by atoms with Crippen LogP contribution in [-0.4, -0.2) is 4.57 Å². The maximum atomic E-state index is 2.50. The highest BCUT2D eigenvalue weighted by molar-refractivity contribution is 6.26. The van der Waals surface area contributed by atoms with Gasteiger partial charge in [0.05, 0.1) is 16.4 Å². The van der Waals surface area contributed by atoms with Gasteiger partial charge in [0.15, 0.2) is 0 Å². The van der Waals surface area contributed by atoms with E-state index in [1.165, 1.54) is 98.6 Å². The van der Waals surface area contributed by atoms with Gasteiger partial charge < -0.3 is 9.47 Å². The number of anilines is 3. The van der Waals surface area contributed by atoms with Crippen molar-refractivity contribution >= 4 is 71.2 Å². The van der Waals surface area contributed by atoms with Gasteiger partial charge in [-0.25, -0.2) is 0 Å². The van der Waals surface area contributed by atoms with E-state index in [1.54, 1.807) is 0 Å². The van der Waals surface area contributed by atoms with Crippen molar-refractivity contribution in [2.75, 3.05) is 4.90 Å². The molecule has 0 aliphatic heterocycles. The predicted octanol–water partition coefficient (Wildman–Crippen LogP) is 16.1. The van der Waals surface area contributed by atoms with E-state index >= 15 is 0 Å². The van der Waals surface area contributed by atoms with Gasteiger partial charge in [-0.05, 0) is 131 Å². The van der Waals surface area contributed by atoms with Crippen molar-refractivity contribution < 1.29 is 0 Å². The minimum absolute atomic E-state index is 0.454. The Balaban J connectivity index is 1.06. The molecule has 2 aliphatic rings. The molecular formula is C61H38N2. The highest BCUT2D eigenvalue weighted by Gasteiger charge is 2.51. The fraction of sp³-hybridized carbons (Fsp3) is 0.0164. The van der Waals surface area contributed by atoms with Crippen LogP contribution in [0.1, 0.15) is 22.3 Å². The second-order valence-electron chi connectivity index (χ2n) is 17.2. The third kappa shape index (κ3) is 4.62. The predicted molar refractivity (Wildman–Crippen MR) is 264 cm³/mol. The number of hydrogen-bond acceptors (Lipinski definition) is 1. The Morgan fingerprint density at radius 1 is 0.270 bits per heavy atom. The van der Waals surface area contributed by atoms with Gasteiger partial charge in [-0.15, -0.1) is 0 Å². The molecule has 0 saturated carbocycles. The molecule has 2 heteroatoms. The van der Waals surface area contributed by atoms with Crippen molar-refractivity contribution in [3.05, 3.63) is 253 Å². The van der Waals surface area contributed by atoms with Gasteiger partial charge in [-0.3, -0.25) is 0 Å². The molecule has 0 saturated heterocycles. The number of para-hydroxylation sites is 2. The van der Waals surface area contributed by atoms with E-state index in [0.717, 1.165) is 22.7 Å². The highest BCUT2D eigenvalue weighted by atomic mass is 15.1. The Kier molecular flexibility index (Phi) is 7.07. The van der Waals surface area contributed by atoms with E-state index in [0.29, 0.717) is 0 Å². The molecule has 1 heterocycles. The summed E-state index contributed by atoms with van der Waals surface area (Å²) < 4.78 is 2.42. The summed E-state index contributed by atoms with van der Waals surface area (Å²) in [7, 11) is 0. The van der Waals surface area contributed by atoms with E-state index in [9.17, 15) is 0 Å². The summed E-state index contributed by atoms with van der Waals surface area (Å²) in [6, 6.07) is 86.0. The van der Waals surface area contributed by atoms with Crippen LogP contribution in [0.3, 0.4) is 0 Å². The Morgan fingerprint density at radius 3 is 1.25 bits per heavy atom. The lowest BCUT2D eigenvalue weighted by atomic mass is 9.70. The zero-order chi connectivity index (χ0) is 41.2. The fourth-order valence-corrected chi connectivity index (χ4v) is 11.7. The molecule has 1 spiro atoms. The summed E-state index contributed by atoms with van der Waals surface area (Å²) in [4.78, 5) is 2.49. The Bertz CT molecular complexity index is 3730. The van der Waals surface area contributed by atoms with Crippen LogP contribution < -0.4 is 4.90 Å². The van der Waals surface area contributed by atoms with Crippen molar-refractivity contribution in [2.45, 2.75) is 5.41 Å². The Hall–Kier alpha value is -8.20. The second-order valence-corrected chi connectivity index (χ2v) is 17.2. The monoisotopic (exact) mass is 798 g/mol. The van der Waals surface area contributed by atoms with Crippen molar-refractivity contribution in [2.24, 2.45) is 0 Å². The molecule has 2 aliphatic carbocycles. The third-order valence-corrected chi connectivity index (χ3v) is 14.2. The number of hydrogen-bond donors (Lipinski definition) is 0. The highest BCUT2D eigenvalue weighted by Crippen LogP contribution is 2.63. The molecule has 12 aromatic rings. The minimum Gasteiger partial charge on any atom is -0.310 e. The summed E-state index contributed by atoms with van der Waals surface area (Å²) in [5.74, 6) is 0. The number of aromatic nitrogens is 1. The summed E-state index contributed by atoms with van der Waals surface area (Å²) in [5.41, 5.74) is 16.9. The molecule has 0 bridgehead atoms. The molecular weight excluding hydrogens is 761 g/mol. The maximum absolute atomic E-state index is 2.50. The molecule has 14 rings (SSSR count). The Morgan fingerprint density at radius 2 is 0.683 bits per heavy atom. The van der Waals surface area contributed by atoms with E-state index in [2.05, 4.69) is 240 Å². The molecule has 1 aromatic heterocycles. The van der Waals surface area contributed by atoms with Gasteiger partial charge in [0.2, 0.25) is 0 Å². The first-order chi connectivity index (χ1) is 31.3. The first kappa shape index (κ1) is 34.5. The first-order valence-electron chi connectivity index (χ1n) is 21.9. The smallest absolute Gasteiger partial charge is 0.0726 e. The lowest BCUT2D eigenvalue weighted by molar-refractivity contribution is 0.793. The molecule has 0 radical (unpaired) electrons. The van der Waals surface area contributed by atoms with E-state index in [4.69, 9.17) is 0 Å². The van der Waals surface area contributed by atoms with Gasteiger partial charge in [-0.1, -0.05) is 176 Å². The average Bonchev–Trinajstić information content (AvgIpc) is 3.96. The number of benzene rings is 11. The second kappa shape index (κ2) is 12.9. The first-order valence-corrected chi connectivity index (χ1v) is 21.9. The van der Waals surface area contributed by atoms with Gasteiger partial charge in [0.25, 0.3) is 0 Å². The summed E-state index contributed by atoms with van der Waals surface area (Å²) in [6.07, 6.45) is 0. The number of nitrogens with zero attached hydrogens (tertiary/aromatic N) is 2. The zero-order valence-electron chi connectivity index (χ0n) is 34.3. The van der Waals surface area contributed by atoms with Gasteiger partial charge in [0.1, 0.15) is 0 Å². The van der Waals surface area contributed by atoms with Crippen LogP contribution in [0.2, 0.25) is 0 Å². The van der Waals surface area contributed by atoms with Gasteiger partial charge in [0, 0.05) is 33.5 Å². The molecule has 63 heavy (non-hydrogen) atoms. The molecule has 0 atom stereocenters. The SMILES string of the molecule is c1cc(N(c2ccc3c(c2)C2(c4ccccc4-c4ccccc42)c2ccccc2-3)c2ccc3c4ccccc4c4ccccc4c3c2)cc(-n2c3ccccc3c3ccccc32)c1. The Labute approximate surface area is 365 Å². The van der Waals surface area contributed by atoms with E-state index in [1.807, 2.05) is 0 Å². The molecule has 0 unspecified atom stereocenters. The fourth-order valence-electron chi connectivity index (χ4n) is 11.7. The van der Waals surface area contributed by atoms with Crippen LogP contribution in [0.5, 0.6) is 0 Å². The third-order valence-electron chi connectivity index (χ3n) is 14.2. The average molecular weight is 799 g/mol. The zero-order valence-corrected chi connectivity index (χ0v) is 34.3. The largest absolute Gasteiger partial charge is 0.310 e. The normalized spacial score (nSPS) is 13.2. The van der Waals surface area contributed by atoms with Crippen LogP contribution in [-0.2, 0) is 5.41 Å². The molecule has 292 valence electrons. The number of fused-ring (bicyclic) bond motifs is 19. The summed E-state index contributed by atoms with van der Waals surface area (Å²) >= 11 is 0. The topological polar surface area (TPSA) is 8.17 Å². The molecule has 0 fully saturated rings. The van der Waals surface area contributed by atoms with Crippen LogP contribution >= 0.6 is 0 Å². The molecule has 0 amide bonds. The van der Waals surface area contributed by atoms with Crippen LogP contribution in [0.15, 0.2) is 231 Å². The van der Waals surface area contributed by atoms with E-state index in [-0.39, 0.29) is 0 Å². The molecule has 11 aromatic carbocycles. The van der Waals surface area contributed by atoms with Crippen molar-refractivity contribution in [1.29, 1.82) is 0 Å². The van der Waals surface area contributed by atoms with Crippen LogP contribution in [0.4, 0.5) is 17.1 Å². The van der Waals surface area contributed by atoms with Crippen molar-refractivity contribution in [3.8, 4) is 27.9 Å². The van der Waals surface area contributed by atoms with E-state index < -0.39 is 5.41 Å². The minimum atomic E-state index is -0.454. The van der Waals surface area contributed by atoms with Gasteiger partial charge in [-0.2, -0.15) is 0 Å². The summed E-state index contributed by atoms with van der Waals surface area (Å²) in [6.45, 7) is 0. The maximum Gasteiger partial charge on any atom is 0.0726 e. The standard InChI is InChI=1S/C61H38N2/c1-2-20-45-43(18-1)44-19-3-4-21-46(44)54-37-41(32-34-47(45)54)62(39-16-15-17-40(36-39)63-59-30-13-8-25-52(59)53-26-9-14-31-60(53)63)42-33-35-51-50-24-7-12-29-57(50)61(58(51)38-42)55-27-10-5-22-48(55)49-23-6-11-28-56(49)61/h1-38H. The lowest BCUT2D eigenvalue weighted by Crippen LogP contribution is -2.26.